The minimum absolute atomic E-state index is 0.246. The molecule has 4 aliphatic rings. The maximum absolute atomic E-state index is 9.27. The average Bonchev–Trinajstić information content (AvgIpc) is 2.80. The highest BCUT2D eigenvalue weighted by molar-refractivity contribution is 5.57. The molecule has 0 aromatic carbocycles. The van der Waals surface area contributed by atoms with Crippen LogP contribution in [-0.2, 0) is 0 Å². The van der Waals surface area contributed by atoms with Crippen molar-refractivity contribution in [2.45, 2.75) is 45.4 Å². The Morgan fingerprint density at radius 2 is 1.90 bits per heavy atom. The predicted octanol–water partition coefficient (Wildman–Crippen LogP) is 3.77. The van der Waals surface area contributed by atoms with Gasteiger partial charge in [-0.1, -0.05) is 0 Å². The van der Waals surface area contributed by atoms with Gasteiger partial charge in [0.1, 0.15) is 5.82 Å². The first-order valence-electron chi connectivity index (χ1n) is 7.81. The van der Waals surface area contributed by atoms with Gasteiger partial charge in [0.15, 0.2) is 0 Å². The summed E-state index contributed by atoms with van der Waals surface area (Å²) in [6, 6.07) is 2.30. The summed E-state index contributed by atoms with van der Waals surface area (Å²) in [4.78, 5) is 4.36. The summed E-state index contributed by atoms with van der Waals surface area (Å²) in [5.41, 5.74) is 1.46. The molecule has 104 valence electrons. The van der Waals surface area contributed by atoms with Crippen molar-refractivity contribution in [1.82, 2.24) is 9.55 Å². The second-order valence-electron chi connectivity index (χ2n) is 7.20. The summed E-state index contributed by atoms with van der Waals surface area (Å²) < 4.78 is 2.16. The molecule has 0 N–H and O–H groups in total. The molecule has 0 radical (unpaired) electrons. The number of nitriles is 1. The molecule has 4 aliphatic carbocycles. The zero-order valence-corrected chi connectivity index (χ0v) is 12.0. The summed E-state index contributed by atoms with van der Waals surface area (Å²) in [5, 5.41) is 9.27. The monoisotopic (exact) mass is 267 g/mol. The zero-order valence-electron chi connectivity index (χ0n) is 12.0. The van der Waals surface area contributed by atoms with Gasteiger partial charge in [-0.3, -0.25) is 0 Å². The van der Waals surface area contributed by atoms with Gasteiger partial charge in [-0.15, -0.1) is 0 Å². The Hall–Kier alpha value is -1.56. The highest BCUT2D eigenvalue weighted by Crippen LogP contribution is 2.63. The van der Waals surface area contributed by atoms with Crippen molar-refractivity contribution >= 4 is 5.70 Å². The second kappa shape index (κ2) is 4.22. The molecule has 0 unspecified atom stereocenters. The number of hydrogen-bond donors (Lipinski definition) is 0. The van der Waals surface area contributed by atoms with Crippen LogP contribution < -0.4 is 0 Å². The molecule has 0 atom stereocenters. The molecular weight excluding hydrogens is 246 g/mol. The van der Waals surface area contributed by atoms with E-state index in [1.54, 1.807) is 6.08 Å². The van der Waals surface area contributed by atoms with Gasteiger partial charge in [0, 0.05) is 29.6 Å². The van der Waals surface area contributed by atoms with Crippen molar-refractivity contribution in [3.8, 4) is 6.07 Å². The largest absolute Gasteiger partial charge is 0.306 e. The molecule has 3 nitrogen and oxygen atoms in total. The van der Waals surface area contributed by atoms with E-state index in [2.05, 4.69) is 15.6 Å². The average molecular weight is 267 g/mol. The number of rotatable bonds is 2. The predicted molar refractivity (Wildman–Crippen MR) is 77.5 cm³/mol. The summed E-state index contributed by atoms with van der Waals surface area (Å²) in [5.74, 6) is 3.69. The smallest absolute Gasteiger partial charge is 0.109 e. The summed E-state index contributed by atoms with van der Waals surface area (Å²) >= 11 is 0. The highest BCUT2D eigenvalue weighted by atomic mass is 15.1. The van der Waals surface area contributed by atoms with Crippen LogP contribution >= 0.6 is 0 Å². The first-order valence-corrected chi connectivity index (χ1v) is 7.81. The first kappa shape index (κ1) is 12.2. The van der Waals surface area contributed by atoms with E-state index in [4.69, 9.17) is 0 Å². The van der Waals surface area contributed by atoms with Gasteiger partial charge in [0.2, 0.25) is 0 Å². The van der Waals surface area contributed by atoms with Crippen molar-refractivity contribution in [2.75, 3.05) is 0 Å². The molecule has 1 aromatic rings. The molecule has 4 saturated carbocycles. The molecule has 5 rings (SSSR count). The SMILES string of the molecule is Cc1nccn1/C(=C\C#N)C12CC3CC(CC(C3)C1)C2. The van der Waals surface area contributed by atoms with Gasteiger partial charge >= 0.3 is 0 Å². The van der Waals surface area contributed by atoms with Crippen LogP contribution in [0.15, 0.2) is 18.5 Å². The third-order valence-electron chi connectivity index (χ3n) is 5.87. The fraction of sp³-hybridized carbons (Fsp3) is 0.647. The topological polar surface area (TPSA) is 41.6 Å². The maximum atomic E-state index is 9.27. The number of hydrogen-bond acceptors (Lipinski definition) is 2. The standard InChI is InChI=1S/C17H21N3/c1-12-19-4-5-20(12)16(2-3-18)17-9-13-6-14(10-17)8-15(7-13)11-17/h2,4-5,13-15H,6-11H2,1H3/b16-2-. The molecule has 0 spiro atoms. The third-order valence-corrected chi connectivity index (χ3v) is 5.87. The molecule has 1 heterocycles. The Bertz CT molecular complexity index is 567. The lowest BCUT2D eigenvalue weighted by Gasteiger charge is -2.57. The van der Waals surface area contributed by atoms with E-state index in [9.17, 15) is 5.26 Å². The number of imidazole rings is 1. The van der Waals surface area contributed by atoms with Gasteiger partial charge < -0.3 is 4.57 Å². The van der Waals surface area contributed by atoms with Crippen molar-refractivity contribution in [3.05, 3.63) is 24.3 Å². The van der Waals surface area contributed by atoms with Gasteiger partial charge in [-0.25, -0.2) is 4.98 Å². The number of aryl methyl sites for hydroxylation is 1. The van der Waals surface area contributed by atoms with Crippen LogP contribution in [0.2, 0.25) is 0 Å². The molecule has 0 aliphatic heterocycles. The van der Waals surface area contributed by atoms with Gasteiger partial charge in [0.05, 0.1) is 6.07 Å². The Morgan fingerprint density at radius 3 is 2.35 bits per heavy atom. The van der Waals surface area contributed by atoms with Crippen LogP contribution in [0, 0.1) is 41.4 Å². The van der Waals surface area contributed by atoms with Gasteiger partial charge in [0.25, 0.3) is 0 Å². The fourth-order valence-corrected chi connectivity index (χ4v) is 5.60. The van der Waals surface area contributed by atoms with Crippen LogP contribution in [0.25, 0.3) is 5.70 Å². The van der Waals surface area contributed by atoms with Crippen molar-refractivity contribution in [2.24, 2.45) is 23.2 Å². The first-order chi connectivity index (χ1) is 9.70. The minimum Gasteiger partial charge on any atom is -0.306 e. The third kappa shape index (κ3) is 1.67. The molecular formula is C17H21N3. The van der Waals surface area contributed by atoms with Crippen LogP contribution in [0.5, 0.6) is 0 Å². The van der Waals surface area contributed by atoms with E-state index in [1.807, 2.05) is 19.3 Å². The van der Waals surface area contributed by atoms with E-state index in [1.165, 1.54) is 44.2 Å². The van der Waals surface area contributed by atoms with E-state index < -0.39 is 0 Å². The lowest BCUT2D eigenvalue weighted by molar-refractivity contribution is -0.0205. The molecule has 4 fully saturated rings. The van der Waals surface area contributed by atoms with Crippen molar-refractivity contribution in [1.29, 1.82) is 5.26 Å². The van der Waals surface area contributed by atoms with E-state index in [0.29, 0.717) is 0 Å². The van der Waals surface area contributed by atoms with E-state index in [-0.39, 0.29) is 5.41 Å². The second-order valence-corrected chi connectivity index (χ2v) is 7.20. The lowest BCUT2D eigenvalue weighted by Crippen LogP contribution is -2.47. The zero-order chi connectivity index (χ0) is 13.7. The molecule has 3 heteroatoms. The fourth-order valence-electron chi connectivity index (χ4n) is 5.60. The summed E-state index contributed by atoms with van der Waals surface area (Å²) in [6.45, 7) is 2.03. The molecule has 0 saturated heterocycles. The van der Waals surface area contributed by atoms with Crippen molar-refractivity contribution < 1.29 is 0 Å². The molecule has 4 bridgehead atoms. The molecule has 1 aromatic heterocycles. The Morgan fingerprint density at radius 1 is 1.30 bits per heavy atom. The van der Waals surface area contributed by atoms with Crippen LogP contribution in [-0.4, -0.2) is 9.55 Å². The highest BCUT2D eigenvalue weighted by Gasteiger charge is 2.53. The maximum Gasteiger partial charge on any atom is 0.109 e. The quantitative estimate of drug-likeness (QED) is 0.765. The normalized spacial score (nSPS) is 39.0. The number of allylic oxidation sites excluding steroid dienone is 2. The Labute approximate surface area is 120 Å². The van der Waals surface area contributed by atoms with Crippen molar-refractivity contribution in [3.63, 3.8) is 0 Å². The molecule has 20 heavy (non-hydrogen) atoms. The number of aromatic nitrogens is 2. The van der Waals surface area contributed by atoms with Gasteiger partial charge in [-0.2, -0.15) is 5.26 Å². The summed E-state index contributed by atoms with van der Waals surface area (Å²) in [6.07, 6.45) is 13.8. The Kier molecular flexibility index (Phi) is 2.57. The van der Waals surface area contributed by atoms with Gasteiger partial charge in [-0.05, 0) is 63.2 Å². The minimum atomic E-state index is 0.246. The van der Waals surface area contributed by atoms with E-state index >= 15 is 0 Å². The molecule has 0 amide bonds. The van der Waals surface area contributed by atoms with Crippen LogP contribution in [0.1, 0.15) is 44.3 Å². The van der Waals surface area contributed by atoms with Crippen LogP contribution in [0.4, 0.5) is 0 Å². The van der Waals surface area contributed by atoms with Crippen LogP contribution in [0.3, 0.4) is 0 Å². The Balaban J connectivity index is 1.80. The lowest BCUT2D eigenvalue weighted by atomic mass is 9.48. The van der Waals surface area contributed by atoms with E-state index in [0.717, 1.165) is 23.6 Å². The summed E-state index contributed by atoms with van der Waals surface area (Å²) in [7, 11) is 0. The number of nitrogens with zero attached hydrogens (tertiary/aromatic N) is 3.